The molecule has 4 N–H and O–H groups in total. The highest BCUT2D eigenvalue weighted by atomic mass is 16.5. The molecule has 2 aliphatic heterocycles. The van der Waals surface area contributed by atoms with Crippen LogP contribution < -0.4 is 20.7 Å². The molecule has 3 atom stereocenters. The van der Waals surface area contributed by atoms with E-state index < -0.39 is 24.1 Å². The largest absolute Gasteiger partial charge is 0.467 e. The number of hydrogen-bond acceptors (Lipinski definition) is 7. The van der Waals surface area contributed by atoms with Gasteiger partial charge in [0.15, 0.2) is 12.3 Å². The number of likely N-dealkylation sites (tertiary alicyclic amines) is 2. The normalized spacial score (nSPS) is 19.7. The minimum absolute atomic E-state index is 0.0145. The van der Waals surface area contributed by atoms with Crippen molar-refractivity contribution in [3.05, 3.63) is 42.1 Å². The highest BCUT2D eigenvalue weighted by Crippen LogP contribution is 2.24. The molecule has 1 unspecified atom stereocenters. The maximum absolute atomic E-state index is 13.6. The fraction of sp³-hybridized carbons (Fsp3) is 0.576. The molecule has 0 spiro atoms. The van der Waals surface area contributed by atoms with Crippen LogP contribution in [-0.4, -0.2) is 105 Å². The second-order valence-corrected chi connectivity index (χ2v) is 12.7. The van der Waals surface area contributed by atoms with Gasteiger partial charge in [-0.1, -0.05) is 38.5 Å². The molecule has 3 heterocycles. The van der Waals surface area contributed by atoms with Crippen LogP contribution in [0, 0.1) is 5.92 Å². The summed E-state index contributed by atoms with van der Waals surface area (Å²) in [6.07, 6.45) is 4.89. The molecule has 1 aromatic carbocycles. The first kappa shape index (κ1) is 33.7. The van der Waals surface area contributed by atoms with Crippen molar-refractivity contribution in [2.24, 2.45) is 5.92 Å². The number of carboxylic acid groups (broad SMARTS) is 1. The van der Waals surface area contributed by atoms with Gasteiger partial charge in [0, 0.05) is 37.8 Å². The third-order valence-electron chi connectivity index (χ3n) is 9.48. The topological polar surface area (TPSA) is 175 Å². The zero-order chi connectivity index (χ0) is 33.5. The van der Waals surface area contributed by atoms with Gasteiger partial charge >= 0.3 is 6.09 Å². The average molecular weight is 652 g/mol. The molecule has 2 aromatic rings. The van der Waals surface area contributed by atoms with Gasteiger partial charge in [-0.05, 0) is 63.0 Å². The number of para-hydroxylation sites is 1. The fourth-order valence-corrected chi connectivity index (χ4v) is 6.25. The van der Waals surface area contributed by atoms with E-state index in [0.717, 1.165) is 25.7 Å². The van der Waals surface area contributed by atoms with E-state index in [2.05, 4.69) is 21.0 Å². The molecule has 0 radical (unpaired) electrons. The molecule has 5 rings (SSSR count). The van der Waals surface area contributed by atoms with Gasteiger partial charge < -0.3 is 35.6 Å². The maximum atomic E-state index is 13.6. The van der Waals surface area contributed by atoms with Crippen molar-refractivity contribution in [3.63, 3.8) is 0 Å². The van der Waals surface area contributed by atoms with E-state index in [0.29, 0.717) is 51.0 Å². The molecular weight excluding hydrogens is 606 g/mol. The Morgan fingerprint density at radius 2 is 1.66 bits per heavy atom. The van der Waals surface area contributed by atoms with Gasteiger partial charge in [0.2, 0.25) is 17.7 Å². The summed E-state index contributed by atoms with van der Waals surface area (Å²) in [6, 6.07) is 9.12. The van der Waals surface area contributed by atoms with Crippen LogP contribution in [-0.2, 0) is 14.4 Å². The molecule has 5 amide bonds. The van der Waals surface area contributed by atoms with Crippen molar-refractivity contribution in [3.8, 4) is 11.6 Å². The molecule has 254 valence electrons. The molecule has 3 aliphatic rings. The van der Waals surface area contributed by atoms with Gasteiger partial charge in [0.1, 0.15) is 12.1 Å². The van der Waals surface area contributed by atoms with Crippen LogP contribution >= 0.6 is 0 Å². The van der Waals surface area contributed by atoms with Gasteiger partial charge in [-0.2, -0.15) is 5.10 Å². The smallest absolute Gasteiger partial charge is 0.404 e. The van der Waals surface area contributed by atoms with E-state index in [1.165, 1.54) is 10.7 Å². The Morgan fingerprint density at radius 3 is 2.30 bits per heavy atom. The van der Waals surface area contributed by atoms with Crippen molar-refractivity contribution in [1.29, 1.82) is 0 Å². The molecular formula is C33H45N7O7. The van der Waals surface area contributed by atoms with E-state index in [-0.39, 0.29) is 53.9 Å². The number of aromatic nitrogens is 2. The molecule has 47 heavy (non-hydrogen) atoms. The summed E-state index contributed by atoms with van der Waals surface area (Å²) in [5.74, 6) is -1.25. The first-order valence-corrected chi connectivity index (χ1v) is 16.6. The second kappa shape index (κ2) is 15.3. The predicted molar refractivity (Wildman–Crippen MR) is 171 cm³/mol. The lowest BCUT2D eigenvalue weighted by molar-refractivity contribution is -0.140. The molecule has 1 saturated carbocycles. The van der Waals surface area contributed by atoms with E-state index in [9.17, 15) is 24.0 Å². The number of nitrogens with zero attached hydrogens (tertiary/aromatic N) is 4. The van der Waals surface area contributed by atoms with Crippen molar-refractivity contribution in [1.82, 2.24) is 35.5 Å². The number of benzene rings is 1. The van der Waals surface area contributed by atoms with Crippen molar-refractivity contribution < 1.29 is 33.8 Å². The summed E-state index contributed by atoms with van der Waals surface area (Å²) >= 11 is 0. The molecule has 2 saturated heterocycles. The van der Waals surface area contributed by atoms with E-state index in [4.69, 9.17) is 9.84 Å². The molecule has 14 heteroatoms. The molecule has 1 aromatic heterocycles. The van der Waals surface area contributed by atoms with Crippen molar-refractivity contribution >= 4 is 29.7 Å². The van der Waals surface area contributed by atoms with Crippen molar-refractivity contribution in [2.75, 3.05) is 26.2 Å². The number of piperidine rings is 1. The summed E-state index contributed by atoms with van der Waals surface area (Å²) in [7, 11) is 0. The number of ether oxygens (including phenoxy) is 1. The Bertz CT molecular complexity index is 1440. The van der Waals surface area contributed by atoms with Gasteiger partial charge in [-0.15, -0.1) is 0 Å². The van der Waals surface area contributed by atoms with E-state index >= 15 is 0 Å². The van der Waals surface area contributed by atoms with Crippen LogP contribution in [0.3, 0.4) is 0 Å². The Labute approximate surface area is 274 Å². The number of nitrogens with one attached hydrogen (secondary N) is 3. The third-order valence-corrected chi connectivity index (χ3v) is 9.48. The molecule has 0 bridgehead atoms. The number of amides is 5. The molecule has 14 nitrogen and oxygen atoms in total. The van der Waals surface area contributed by atoms with Crippen LogP contribution in [0.1, 0.15) is 75.7 Å². The van der Waals surface area contributed by atoms with Crippen LogP contribution in [0.4, 0.5) is 4.79 Å². The highest BCUT2D eigenvalue weighted by molar-refractivity contribution is 5.96. The summed E-state index contributed by atoms with van der Waals surface area (Å²) in [4.78, 5) is 67.6. The Balaban J connectivity index is 1.27. The first-order chi connectivity index (χ1) is 22.6. The molecule has 1 aliphatic carbocycles. The fourth-order valence-electron chi connectivity index (χ4n) is 6.25. The lowest BCUT2D eigenvalue weighted by atomic mass is 9.93. The summed E-state index contributed by atoms with van der Waals surface area (Å²) < 4.78 is 7.40. The Morgan fingerprint density at radius 1 is 0.957 bits per heavy atom. The zero-order valence-corrected chi connectivity index (χ0v) is 27.0. The predicted octanol–water partition coefficient (Wildman–Crippen LogP) is 2.31. The second-order valence-electron chi connectivity index (χ2n) is 12.7. The van der Waals surface area contributed by atoms with Gasteiger partial charge in [-0.3, -0.25) is 19.2 Å². The number of rotatable bonds is 12. The van der Waals surface area contributed by atoms with Gasteiger partial charge in [0.25, 0.3) is 11.8 Å². The SMILES string of the molecule is CC[C@H](C)[C@H](NC(=O)c1cc(OCC(=O)N2CCCC2C(=O)NC2CCC2)n(-c2ccccc2)n1)C(=O)N1CCC(NC(=O)O)CC1. The molecule has 3 fully saturated rings. The number of carbonyl (C=O) groups excluding carboxylic acids is 4. The zero-order valence-electron chi connectivity index (χ0n) is 27.0. The number of carbonyl (C=O) groups is 5. The van der Waals surface area contributed by atoms with Gasteiger partial charge in [-0.25, -0.2) is 9.48 Å². The summed E-state index contributed by atoms with van der Waals surface area (Å²) in [6.45, 7) is 4.71. The highest BCUT2D eigenvalue weighted by Gasteiger charge is 2.36. The minimum atomic E-state index is -1.09. The van der Waals surface area contributed by atoms with Crippen LogP contribution in [0.5, 0.6) is 5.88 Å². The van der Waals surface area contributed by atoms with Crippen LogP contribution in [0.25, 0.3) is 5.69 Å². The monoisotopic (exact) mass is 651 g/mol. The summed E-state index contributed by atoms with van der Waals surface area (Å²) in [5, 5.41) is 21.9. The minimum Gasteiger partial charge on any atom is -0.467 e. The van der Waals surface area contributed by atoms with Crippen molar-refractivity contribution in [2.45, 2.75) is 89.4 Å². The van der Waals surface area contributed by atoms with Crippen LogP contribution in [0.2, 0.25) is 0 Å². The standard InChI is InChI=1S/C33H45N7O7/c1-3-21(2)29(32(44)38-17-14-23(15-18-38)35-33(45)46)36-30(42)25-19-28(40(37-25)24-11-5-4-6-12-24)47-20-27(41)39-16-8-13-26(39)31(43)34-22-9-7-10-22/h4-6,11-12,19,21-23,26,29,35H,3,7-10,13-18,20H2,1-2H3,(H,34,43)(H,36,42)(H,45,46)/t21-,26?,29-/m0/s1. The van der Waals surface area contributed by atoms with E-state index in [1.54, 1.807) is 21.9 Å². The Kier molecular flexibility index (Phi) is 11.0. The lowest BCUT2D eigenvalue weighted by Gasteiger charge is -2.35. The van der Waals surface area contributed by atoms with E-state index in [1.807, 2.05) is 32.0 Å². The average Bonchev–Trinajstić information content (AvgIpc) is 3.72. The summed E-state index contributed by atoms with van der Waals surface area (Å²) in [5.41, 5.74) is 0.626. The Hall–Kier alpha value is -4.62. The van der Waals surface area contributed by atoms with Gasteiger partial charge in [0.05, 0.1) is 5.69 Å². The third kappa shape index (κ3) is 8.22. The quantitative estimate of drug-likeness (QED) is 0.270. The maximum Gasteiger partial charge on any atom is 0.404 e. The lowest BCUT2D eigenvalue weighted by Crippen LogP contribution is -2.55. The number of hydrogen-bond donors (Lipinski definition) is 4. The van der Waals surface area contributed by atoms with Crippen LogP contribution in [0.15, 0.2) is 36.4 Å². The first-order valence-electron chi connectivity index (χ1n) is 16.6.